The van der Waals surface area contributed by atoms with Crippen molar-refractivity contribution in [3.63, 3.8) is 0 Å². The Morgan fingerprint density at radius 2 is 1.53 bits per heavy atom. The van der Waals surface area contributed by atoms with Crippen molar-refractivity contribution < 1.29 is 19.8 Å². The predicted molar refractivity (Wildman–Crippen MR) is 62.9 cm³/mol. The second-order valence-corrected chi connectivity index (χ2v) is 4.14. The normalized spacial score (nSPS) is 11.1. The van der Waals surface area contributed by atoms with Crippen molar-refractivity contribution in [1.82, 2.24) is 0 Å². The number of rotatable bonds is 6. The standard InChI is InChI=1S/C13H16O4/c1-2-13(8-11(14)15,9-12(16)17)10-6-4-3-5-7-10/h3-7H,2,8-9H2,1H3,(H,14,15)(H,16,17). The minimum Gasteiger partial charge on any atom is -0.481 e. The highest BCUT2D eigenvalue weighted by Crippen LogP contribution is 2.35. The lowest BCUT2D eigenvalue weighted by Gasteiger charge is -2.30. The summed E-state index contributed by atoms with van der Waals surface area (Å²) in [6, 6.07) is 8.99. The van der Waals surface area contributed by atoms with Crippen LogP contribution in [0, 0.1) is 0 Å². The highest BCUT2D eigenvalue weighted by Gasteiger charge is 2.35. The minimum atomic E-state index is -0.975. The molecule has 17 heavy (non-hydrogen) atoms. The van der Waals surface area contributed by atoms with Crippen LogP contribution in [0.2, 0.25) is 0 Å². The van der Waals surface area contributed by atoms with Crippen LogP contribution in [0.3, 0.4) is 0 Å². The summed E-state index contributed by atoms with van der Waals surface area (Å²) in [6.45, 7) is 1.82. The topological polar surface area (TPSA) is 74.6 Å². The van der Waals surface area contributed by atoms with Crippen LogP contribution in [0.4, 0.5) is 0 Å². The number of benzene rings is 1. The second kappa shape index (κ2) is 5.48. The van der Waals surface area contributed by atoms with Crippen molar-refractivity contribution in [2.45, 2.75) is 31.6 Å². The molecule has 0 amide bonds. The molecule has 0 aliphatic carbocycles. The van der Waals surface area contributed by atoms with Gasteiger partial charge in [0.25, 0.3) is 0 Å². The van der Waals surface area contributed by atoms with E-state index < -0.39 is 17.4 Å². The summed E-state index contributed by atoms with van der Waals surface area (Å²) in [5.41, 5.74) is -0.0499. The molecule has 0 saturated carbocycles. The third-order valence-electron chi connectivity index (χ3n) is 3.04. The smallest absolute Gasteiger partial charge is 0.304 e. The van der Waals surface area contributed by atoms with E-state index in [-0.39, 0.29) is 12.8 Å². The third-order valence-corrected chi connectivity index (χ3v) is 3.04. The molecule has 0 heterocycles. The molecule has 92 valence electrons. The Labute approximate surface area is 99.9 Å². The van der Waals surface area contributed by atoms with Crippen LogP contribution in [0.15, 0.2) is 30.3 Å². The molecular weight excluding hydrogens is 220 g/mol. The van der Waals surface area contributed by atoms with Gasteiger partial charge in [0.05, 0.1) is 12.8 Å². The molecule has 0 aromatic heterocycles. The number of carbonyl (C=O) groups is 2. The van der Waals surface area contributed by atoms with E-state index in [1.165, 1.54) is 0 Å². The van der Waals surface area contributed by atoms with E-state index in [1.54, 1.807) is 24.3 Å². The molecule has 1 aromatic rings. The van der Waals surface area contributed by atoms with E-state index in [0.29, 0.717) is 6.42 Å². The van der Waals surface area contributed by atoms with E-state index in [0.717, 1.165) is 5.56 Å². The molecule has 0 bridgehead atoms. The maximum absolute atomic E-state index is 10.9. The number of hydrogen-bond donors (Lipinski definition) is 2. The summed E-state index contributed by atoms with van der Waals surface area (Å²) < 4.78 is 0. The fraction of sp³-hybridized carbons (Fsp3) is 0.385. The molecule has 4 heteroatoms. The van der Waals surface area contributed by atoms with Crippen molar-refractivity contribution in [2.24, 2.45) is 0 Å². The van der Waals surface area contributed by atoms with Gasteiger partial charge in [-0.25, -0.2) is 0 Å². The van der Waals surface area contributed by atoms with Crippen LogP contribution in [-0.2, 0) is 15.0 Å². The molecule has 1 aromatic carbocycles. The number of carboxylic acid groups (broad SMARTS) is 2. The Balaban J connectivity index is 3.15. The average Bonchev–Trinajstić information content (AvgIpc) is 2.28. The molecule has 0 unspecified atom stereocenters. The third kappa shape index (κ3) is 3.31. The summed E-state index contributed by atoms with van der Waals surface area (Å²) in [6.07, 6.45) is 0.148. The zero-order valence-electron chi connectivity index (χ0n) is 9.72. The molecule has 0 aliphatic rings. The fourth-order valence-corrected chi connectivity index (χ4v) is 2.09. The minimum absolute atomic E-state index is 0.167. The second-order valence-electron chi connectivity index (χ2n) is 4.14. The van der Waals surface area contributed by atoms with Crippen molar-refractivity contribution in [2.75, 3.05) is 0 Å². The summed E-state index contributed by atoms with van der Waals surface area (Å²) in [5.74, 6) is -1.95. The van der Waals surface area contributed by atoms with Gasteiger partial charge in [0.2, 0.25) is 0 Å². The molecular formula is C13H16O4. The van der Waals surface area contributed by atoms with Crippen molar-refractivity contribution in [3.8, 4) is 0 Å². The molecule has 2 N–H and O–H groups in total. The van der Waals surface area contributed by atoms with E-state index >= 15 is 0 Å². The van der Waals surface area contributed by atoms with Crippen molar-refractivity contribution in [3.05, 3.63) is 35.9 Å². The van der Waals surface area contributed by atoms with Gasteiger partial charge in [-0.2, -0.15) is 0 Å². The van der Waals surface area contributed by atoms with E-state index in [4.69, 9.17) is 10.2 Å². The Bertz CT molecular complexity index is 381. The van der Waals surface area contributed by atoms with Crippen LogP contribution in [0.5, 0.6) is 0 Å². The Hall–Kier alpha value is -1.84. The van der Waals surface area contributed by atoms with Gasteiger partial charge in [0.1, 0.15) is 0 Å². The van der Waals surface area contributed by atoms with Crippen LogP contribution < -0.4 is 0 Å². The molecule has 0 spiro atoms. The summed E-state index contributed by atoms with van der Waals surface area (Å²) in [4.78, 5) is 21.9. The Morgan fingerprint density at radius 1 is 1.06 bits per heavy atom. The molecule has 0 atom stereocenters. The lowest BCUT2D eigenvalue weighted by atomic mass is 9.73. The molecule has 0 aliphatic heterocycles. The zero-order valence-corrected chi connectivity index (χ0v) is 9.72. The van der Waals surface area contributed by atoms with Crippen LogP contribution in [0.1, 0.15) is 31.7 Å². The van der Waals surface area contributed by atoms with Crippen LogP contribution in [0.25, 0.3) is 0 Å². The van der Waals surface area contributed by atoms with Crippen LogP contribution in [-0.4, -0.2) is 22.2 Å². The number of carboxylic acids is 2. The van der Waals surface area contributed by atoms with Gasteiger partial charge < -0.3 is 10.2 Å². The summed E-state index contributed by atoms with van der Waals surface area (Å²) >= 11 is 0. The molecule has 0 radical (unpaired) electrons. The first-order valence-corrected chi connectivity index (χ1v) is 5.49. The van der Waals surface area contributed by atoms with Crippen molar-refractivity contribution in [1.29, 1.82) is 0 Å². The molecule has 0 saturated heterocycles. The molecule has 0 fully saturated rings. The summed E-state index contributed by atoms with van der Waals surface area (Å²) in [7, 11) is 0. The highest BCUT2D eigenvalue weighted by atomic mass is 16.4. The molecule has 4 nitrogen and oxygen atoms in total. The maximum atomic E-state index is 10.9. The largest absolute Gasteiger partial charge is 0.481 e. The maximum Gasteiger partial charge on any atom is 0.304 e. The predicted octanol–water partition coefficient (Wildman–Crippen LogP) is 2.28. The fourth-order valence-electron chi connectivity index (χ4n) is 2.09. The van der Waals surface area contributed by atoms with E-state index in [1.807, 2.05) is 13.0 Å². The molecule has 1 rings (SSSR count). The Morgan fingerprint density at radius 3 is 1.88 bits per heavy atom. The average molecular weight is 236 g/mol. The van der Waals surface area contributed by atoms with Gasteiger partial charge in [-0.05, 0) is 12.0 Å². The van der Waals surface area contributed by atoms with E-state index in [2.05, 4.69) is 0 Å². The first-order chi connectivity index (χ1) is 8.00. The zero-order chi connectivity index (χ0) is 12.9. The first-order valence-electron chi connectivity index (χ1n) is 5.49. The van der Waals surface area contributed by atoms with Gasteiger partial charge in [-0.1, -0.05) is 37.3 Å². The van der Waals surface area contributed by atoms with Crippen molar-refractivity contribution >= 4 is 11.9 Å². The number of aliphatic carboxylic acids is 2. The van der Waals surface area contributed by atoms with Gasteiger partial charge in [0.15, 0.2) is 0 Å². The van der Waals surface area contributed by atoms with Gasteiger partial charge >= 0.3 is 11.9 Å². The highest BCUT2D eigenvalue weighted by molar-refractivity contribution is 5.74. The number of hydrogen-bond acceptors (Lipinski definition) is 2. The van der Waals surface area contributed by atoms with Crippen LogP contribution >= 0.6 is 0 Å². The van der Waals surface area contributed by atoms with E-state index in [9.17, 15) is 9.59 Å². The van der Waals surface area contributed by atoms with Gasteiger partial charge in [-0.15, -0.1) is 0 Å². The SMILES string of the molecule is CCC(CC(=O)O)(CC(=O)O)c1ccccc1. The first kappa shape index (κ1) is 13.2. The quantitative estimate of drug-likeness (QED) is 0.794. The Kier molecular flexibility index (Phi) is 4.26. The lowest BCUT2D eigenvalue weighted by molar-refractivity contribution is -0.141. The van der Waals surface area contributed by atoms with Gasteiger partial charge in [-0.3, -0.25) is 9.59 Å². The summed E-state index contributed by atoms with van der Waals surface area (Å²) in [5, 5.41) is 17.9. The lowest BCUT2D eigenvalue weighted by Crippen LogP contribution is -2.31. The monoisotopic (exact) mass is 236 g/mol. The van der Waals surface area contributed by atoms with Gasteiger partial charge in [0, 0.05) is 5.41 Å².